The van der Waals surface area contributed by atoms with Crippen molar-refractivity contribution >= 4 is 29.3 Å². The Bertz CT molecular complexity index is 727. The lowest BCUT2D eigenvalue weighted by molar-refractivity contribution is -0.121. The highest BCUT2D eigenvalue weighted by molar-refractivity contribution is 8.00. The standard InChI is InChI=1S/C21H25ClN2O2S/c1-16(27-20-9-7-18(22)8-10-20)21(25)23-13-19-15-24(11-12-26-19)14-17-5-3-2-4-6-17/h2-10,16,19H,11-15H2,1H3,(H,23,25). The van der Waals surface area contributed by atoms with Crippen molar-refractivity contribution in [2.75, 3.05) is 26.2 Å². The number of amides is 1. The third-order valence-corrected chi connectivity index (χ3v) is 5.84. The number of ether oxygens (including phenoxy) is 1. The molecule has 0 bridgehead atoms. The van der Waals surface area contributed by atoms with Crippen LogP contribution in [0.1, 0.15) is 12.5 Å². The minimum atomic E-state index is -0.171. The molecule has 6 heteroatoms. The summed E-state index contributed by atoms with van der Waals surface area (Å²) in [5.74, 6) is 0.0266. The minimum absolute atomic E-state index is 0.0266. The maximum absolute atomic E-state index is 12.4. The normalized spacial score (nSPS) is 18.8. The molecule has 2 aromatic carbocycles. The molecular weight excluding hydrogens is 380 g/mol. The van der Waals surface area contributed by atoms with Crippen molar-refractivity contribution in [3.8, 4) is 0 Å². The average molecular weight is 405 g/mol. The smallest absolute Gasteiger partial charge is 0.233 e. The highest BCUT2D eigenvalue weighted by Crippen LogP contribution is 2.24. The van der Waals surface area contributed by atoms with Crippen LogP contribution in [0.3, 0.4) is 0 Å². The summed E-state index contributed by atoms with van der Waals surface area (Å²) < 4.78 is 5.83. The van der Waals surface area contributed by atoms with Gasteiger partial charge in [-0.05, 0) is 36.8 Å². The molecular formula is C21H25ClN2O2S. The maximum Gasteiger partial charge on any atom is 0.233 e. The van der Waals surface area contributed by atoms with Crippen LogP contribution in [0.15, 0.2) is 59.5 Å². The Hall–Kier alpha value is -1.53. The lowest BCUT2D eigenvalue weighted by atomic mass is 10.2. The van der Waals surface area contributed by atoms with Gasteiger partial charge in [0.1, 0.15) is 0 Å². The van der Waals surface area contributed by atoms with Gasteiger partial charge in [0.25, 0.3) is 0 Å². The number of hydrogen-bond donors (Lipinski definition) is 1. The van der Waals surface area contributed by atoms with Gasteiger partial charge >= 0.3 is 0 Å². The highest BCUT2D eigenvalue weighted by Gasteiger charge is 2.22. The molecule has 0 spiro atoms. The average Bonchev–Trinajstić information content (AvgIpc) is 2.69. The van der Waals surface area contributed by atoms with Crippen LogP contribution >= 0.6 is 23.4 Å². The minimum Gasteiger partial charge on any atom is -0.374 e. The van der Waals surface area contributed by atoms with Crippen molar-refractivity contribution in [2.24, 2.45) is 0 Å². The van der Waals surface area contributed by atoms with E-state index in [0.29, 0.717) is 18.2 Å². The number of hydrogen-bond acceptors (Lipinski definition) is 4. The predicted molar refractivity (Wildman–Crippen MR) is 111 cm³/mol. The Morgan fingerprint density at radius 2 is 2.00 bits per heavy atom. The summed E-state index contributed by atoms with van der Waals surface area (Å²) in [6, 6.07) is 18.0. The summed E-state index contributed by atoms with van der Waals surface area (Å²) in [6.07, 6.45) is 0.0270. The van der Waals surface area contributed by atoms with Crippen molar-refractivity contribution in [2.45, 2.75) is 29.7 Å². The molecule has 4 nitrogen and oxygen atoms in total. The van der Waals surface area contributed by atoms with Crippen LogP contribution in [0.2, 0.25) is 5.02 Å². The summed E-state index contributed by atoms with van der Waals surface area (Å²) in [5.41, 5.74) is 1.30. The first-order chi connectivity index (χ1) is 13.1. The molecule has 1 heterocycles. The van der Waals surface area contributed by atoms with Crippen molar-refractivity contribution in [3.05, 3.63) is 65.2 Å². The van der Waals surface area contributed by atoms with E-state index in [2.05, 4.69) is 34.5 Å². The fourth-order valence-corrected chi connectivity index (χ4v) is 4.04. The molecule has 1 N–H and O–H groups in total. The van der Waals surface area contributed by atoms with Gasteiger partial charge in [-0.15, -0.1) is 11.8 Å². The third kappa shape index (κ3) is 6.54. The number of halogens is 1. The molecule has 1 aliphatic heterocycles. The van der Waals surface area contributed by atoms with Crippen LogP contribution in [-0.4, -0.2) is 48.4 Å². The zero-order valence-corrected chi connectivity index (χ0v) is 17.0. The van der Waals surface area contributed by atoms with E-state index in [0.717, 1.165) is 24.5 Å². The largest absolute Gasteiger partial charge is 0.374 e. The number of carbonyl (C=O) groups excluding carboxylic acids is 1. The Balaban J connectivity index is 1.43. The number of nitrogens with zero attached hydrogens (tertiary/aromatic N) is 1. The summed E-state index contributed by atoms with van der Waals surface area (Å²) >= 11 is 7.43. The number of carbonyl (C=O) groups is 1. The van der Waals surface area contributed by atoms with Gasteiger partial charge in [-0.2, -0.15) is 0 Å². The number of morpholine rings is 1. The molecule has 2 atom stereocenters. The van der Waals surface area contributed by atoms with E-state index in [-0.39, 0.29) is 17.3 Å². The first kappa shape index (κ1) is 20.2. The monoisotopic (exact) mass is 404 g/mol. The van der Waals surface area contributed by atoms with Crippen molar-refractivity contribution < 1.29 is 9.53 Å². The Kier molecular flexibility index (Phi) is 7.59. The number of thioether (sulfide) groups is 1. The van der Waals surface area contributed by atoms with Gasteiger partial charge in [-0.25, -0.2) is 0 Å². The molecule has 1 aliphatic rings. The lowest BCUT2D eigenvalue weighted by Gasteiger charge is -2.33. The fraction of sp³-hybridized carbons (Fsp3) is 0.381. The van der Waals surface area contributed by atoms with Crippen LogP contribution in [0, 0.1) is 0 Å². The molecule has 0 radical (unpaired) electrons. The Labute approximate surface area is 170 Å². The molecule has 0 aromatic heterocycles. The van der Waals surface area contributed by atoms with E-state index >= 15 is 0 Å². The van der Waals surface area contributed by atoms with E-state index in [9.17, 15) is 4.79 Å². The molecule has 1 saturated heterocycles. The van der Waals surface area contributed by atoms with Crippen molar-refractivity contribution in [1.29, 1.82) is 0 Å². The van der Waals surface area contributed by atoms with Gasteiger partial charge in [-0.1, -0.05) is 41.9 Å². The second kappa shape index (κ2) is 10.1. The van der Waals surface area contributed by atoms with Gasteiger partial charge in [-0.3, -0.25) is 9.69 Å². The molecule has 1 fully saturated rings. The molecule has 0 saturated carbocycles. The highest BCUT2D eigenvalue weighted by atomic mass is 35.5. The molecule has 2 aromatic rings. The summed E-state index contributed by atoms with van der Waals surface area (Å²) in [6.45, 7) is 5.81. The van der Waals surface area contributed by atoms with Crippen molar-refractivity contribution in [1.82, 2.24) is 10.2 Å². The first-order valence-corrected chi connectivity index (χ1v) is 10.4. The van der Waals surface area contributed by atoms with Crippen LogP contribution < -0.4 is 5.32 Å². The zero-order chi connectivity index (χ0) is 19.1. The van der Waals surface area contributed by atoms with E-state index in [1.54, 1.807) is 0 Å². The van der Waals surface area contributed by atoms with Crippen LogP contribution in [0.25, 0.3) is 0 Å². The number of nitrogens with one attached hydrogen (secondary N) is 1. The molecule has 0 aliphatic carbocycles. The second-order valence-electron chi connectivity index (χ2n) is 6.67. The summed E-state index contributed by atoms with van der Waals surface area (Å²) in [7, 11) is 0. The van der Waals surface area contributed by atoms with Gasteiger partial charge in [0.05, 0.1) is 18.0 Å². The molecule has 2 unspecified atom stereocenters. The molecule has 3 rings (SSSR count). The fourth-order valence-electron chi connectivity index (χ4n) is 3.02. The van der Waals surface area contributed by atoms with Crippen LogP contribution in [-0.2, 0) is 16.1 Å². The summed E-state index contributed by atoms with van der Waals surface area (Å²) in [4.78, 5) is 15.8. The van der Waals surface area contributed by atoms with Crippen LogP contribution in [0.4, 0.5) is 0 Å². The quantitative estimate of drug-likeness (QED) is 0.712. The Morgan fingerprint density at radius 3 is 2.74 bits per heavy atom. The lowest BCUT2D eigenvalue weighted by Crippen LogP contribution is -2.48. The molecule has 1 amide bonds. The first-order valence-electron chi connectivity index (χ1n) is 9.18. The van der Waals surface area contributed by atoms with Crippen molar-refractivity contribution in [3.63, 3.8) is 0 Å². The van der Waals surface area contributed by atoms with Gasteiger partial charge in [0.15, 0.2) is 0 Å². The van der Waals surface area contributed by atoms with Gasteiger partial charge < -0.3 is 10.1 Å². The number of benzene rings is 2. The van der Waals surface area contributed by atoms with E-state index in [1.807, 2.05) is 37.3 Å². The topological polar surface area (TPSA) is 41.6 Å². The van der Waals surface area contributed by atoms with Crippen LogP contribution in [0.5, 0.6) is 0 Å². The molecule has 144 valence electrons. The Morgan fingerprint density at radius 1 is 1.26 bits per heavy atom. The predicted octanol–water partition coefficient (Wildman–Crippen LogP) is 3.84. The van der Waals surface area contributed by atoms with E-state index in [1.165, 1.54) is 17.3 Å². The zero-order valence-electron chi connectivity index (χ0n) is 15.4. The summed E-state index contributed by atoms with van der Waals surface area (Å²) in [5, 5.41) is 3.56. The van der Waals surface area contributed by atoms with E-state index in [4.69, 9.17) is 16.3 Å². The van der Waals surface area contributed by atoms with Gasteiger partial charge in [0, 0.05) is 36.1 Å². The maximum atomic E-state index is 12.4. The molecule has 27 heavy (non-hydrogen) atoms. The second-order valence-corrected chi connectivity index (χ2v) is 8.52. The third-order valence-electron chi connectivity index (χ3n) is 4.47. The van der Waals surface area contributed by atoms with E-state index < -0.39 is 0 Å². The SMILES string of the molecule is CC(Sc1ccc(Cl)cc1)C(=O)NCC1CN(Cc2ccccc2)CCO1. The number of rotatable bonds is 7. The van der Waals surface area contributed by atoms with Gasteiger partial charge in [0.2, 0.25) is 5.91 Å².